The van der Waals surface area contributed by atoms with Crippen molar-refractivity contribution in [3.8, 4) is 0 Å². The fourth-order valence-corrected chi connectivity index (χ4v) is 3.05. The summed E-state index contributed by atoms with van der Waals surface area (Å²) in [7, 11) is -2.58. The molecule has 0 saturated heterocycles. The third-order valence-corrected chi connectivity index (χ3v) is 5.41. The Balaban J connectivity index is 3.12. The molecule has 6 nitrogen and oxygen atoms in total. The van der Waals surface area contributed by atoms with Crippen LogP contribution in [0.2, 0.25) is 5.02 Å². The molecule has 140 valence electrons. The smallest absolute Gasteiger partial charge is 0.373 e. The number of likely N-dealkylation sites (N-methyl/N-ethyl adjacent to an activating group) is 1. The third kappa shape index (κ3) is 4.51. The Hall–Kier alpha value is -1.62. The van der Waals surface area contributed by atoms with E-state index in [1.807, 2.05) is 5.32 Å². The van der Waals surface area contributed by atoms with Crippen LogP contribution in [0.1, 0.15) is 6.92 Å². The molecule has 1 aromatic rings. The molecule has 1 atom stereocenters. The van der Waals surface area contributed by atoms with Crippen molar-refractivity contribution in [2.45, 2.75) is 23.6 Å². The zero-order chi connectivity index (χ0) is 19.6. The maximum Gasteiger partial charge on any atom is 0.426 e. The predicted octanol–water partition coefficient (Wildman–Crippen LogP) is 2.40. The number of carbonyl (C=O) groups excluding carboxylic acids is 1. The van der Waals surface area contributed by atoms with Crippen molar-refractivity contribution in [2.24, 2.45) is 0 Å². The molecule has 1 aromatic carbocycles. The van der Waals surface area contributed by atoms with Gasteiger partial charge in [-0.1, -0.05) is 17.7 Å². The first-order valence-corrected chi connectivity index (χ1v) is 8.54. The summed E-state index contributed by atoms with van der Waals surface area (Å²) < 4.78 is 63.4. The van der Waals surface area contributed by atoms with Crippen LogP contribution in [0.25, 0.3) is 0 Å². The van der Waals surface area contributed by atoms with E-state index in [0.717, 1.165) is 22.5 Å². The Morgan fingerprint density at radius 2 is 2.00 bits per heavy atom. The maximum absolute atomic E-state index is 12.6. The lowest BCUT2D eigenvalue weighted by atomic mass is 10.1. The lowest BCUT2D eigenvalue weighted by Gasteiger charge is -2.25. The van der Waals surface area contributed by atoms with Gasteiger partial charge in [-0.25, -0.2) is 8.42 Å². The molecule has 0 heterocycles. The van der Waals surface area contributed by atoms with E-state index in [1.54, 1.807) is 0 Å². The summed E-state index contributed by atoms with van der Waals surface area (Å²) in [4.78, 5) is 11.4. The molecular formula is C14H16ClF3N2O4S. The molecule has 1 rings (SSSR count). The highest BCUT2D eigenvalue weighted by Gasteiger charge is 2.55. The molecule has 0 bridgehead atoms. The highest BCUT2D eigenvalue weighted by molar-refractivity contribution is 7.89. The molecule has 0 aliphatic carbocycles. The quantitative estimate of drug-likeness (QED) is 0.718. The molecule has 0 saturated carbocycles. The number of aliphatic hydroxyl groups is 1. The van der Waals surface area contributed by atoms with Gasteiger partial charge in [0.25, 0.3) is 5.91 Å². The molecule has 11 heteroatoms. The zero-order valence-electron chi connectivity index (χ0n) is 13.3. The number of nitrogens with one attached hydrogen (secondary N) is 1. The number of sulfonamides is 1. The first kappa shape index (κ1) is 21.4. The van der Waals surface area contributed by atoms with E-state index in [1.165, 1.54) is 13.1 Å². The molecule has 1 amide bonds. The summed E-state index contributed by atoms with van der Waals surface area (Å²) >= 11 is 5.84. The summed E-state index contributed by atoms with van der Waals surface area (Å²) in [6, 6.07) is 3.08. The van der Waals surface area contributed by atoms with Crippen LogP contribution in [0.4, 0.5) is 18.9 Å². The summed E-state index contributed by atoms with van der Waals surface area (Å²) in [5.74, 6) is -1.75. The number of carbonyl (C=O) groups is 1. The largest absolute Gasteiger partial charge is 0.426 e. The van der Waals surface area contributed by atoms with Gasteiger partial charge in [0.15, 0.2) is 0 Å². The maximum atomic E-state index is 12.6. The van der Waals surface area contributed by atoms with Gasteiger partial charge in [-0.3, -0.25) is 4.79 Å². The Morgan fingerprint density at radius 3 is 2.44 bits per heavy atom. The average molecular weight is 401 g/mol. The number of anilines is 1. The highest BCUT2D eigenvalue weighted by atomic mass is 35.5. The van der Waals surface area contributed by atoms with Crippen LogP contribution in [0.15, 0.2) is 35.7 Å². The van der Waals surface area contributed by atoms with Crippen molar-refractivity contribution in [3.05, 3.63) is 35.9 Å². The summed E-state index contributed by atoms with van der Waals surface area (Å²) in [5, 5.41) is 10.8. The normalized spacial score (nSPS) is 14.9. The zero-order valence-corrected chi connectivity index (χ0v) is 14.8. The van der Waals surface area contributed by atoms with Gasteiger partial charge in [-0.2, -0.15) is 17.5 Å². The van der Waals surface area contributed by atoms with Crippen LogP contribution in [-0.2, 0) is 14.8 Å². The van der Waals surface area contributed by atoms with Gasteiger partial charge in [0, 0.05) is 13.6 Å². The van der Waals surface area contributed by atoms with Gasteiger partial charge >= 0.3 is 6.18 Å². The molecular weight excluding hydrogens is 385 g/mol. The Kier molecular flexibility index (Phi) is 6.27. The van der Waals surface area contributed by atoms with E-state index in [4.69, 9.17) is 11.6 Å². The van der Waals surface area contributed by atoms with Crippen molar-refractivity contribution in [3.63, 3.8) is 0 Å². The van der Waals surface area contributed by atoms with Gasteiger partial charge in [0.1, 0.15) is 0 Å². The predicted molar refractivity (Wildman–Crippen MR) is 86.8 cm³/mol. The number of nitrogens with zero attached hydrogens (tertiary/aromatic N) is 1. The number of amides is 1. The Morgan fingerprint density at radius 1 is 1.44 bits per heavy atom. The summed E-state index contributed by atoms with van der Waals surface area (Å²) in [6.45, 7) is 3.75. The van der Waals surface area contributed by atoms with Crippen LogP contribution in [0.5, 0.6) is 0 Å². The van der Waals surface area contributed by atoms with Gasteiger partial charge in [-0.15, -0.1) is 6.58 Å². The Labute approximate surface area is 147 Å². The van der Waals surface area contributed by atoms with Gasteiger partial charge in [-0.05, 0) is 25.1 Å². The SMILES string of the molecule is C=CCN(C)S(=O)(=O)c1ccc(NC(=O)[C@@](C)(O)C(F)(F)F)c(Cl)c1. The molecule has 2 N–H and O–H groups in total. The van der Waals surface area contributed by atoms with Crippen molar-refractivity contribution >= 4 is 33.2 Å². The Bertz CT molecular complexity index is 779. The number of benzene rings is 1. The molecule has 25 heavy (non-hydrogen) atoms. The fraction of sp³-hybridized carbons (Fsp3) is 0.357. The number of rotatable bonds is 6. The lowest BCUT2D eigenvalue weighted by molar-refractivity contribution is -0.242. The number of hydrogen-bond acceptors (Lipinski definition) is 4. The van der Waals surface area contributed by atoms with E-state index in [-0.39, 0.29) is 22.2 Å². The van der Waals surface area contributed by atoms with Crippen molar-refractivity contribution in [2.75, 3.05) is 18.9 Å². The van der Waals surface area contributed by atoms with Gasteiger partial charge < -0.3 is 10.4 Å². The second-order valence-corrected chi connectivity index (χ2v) is 7.69. The fourth-order valence-electron chi connectivity index (χ4n) is 1.59. The summed E-state index contributed by atoms with van der Waals surface area (Å²) in [5.41, 5.74) is -3.91. The van der Waals surface area contributed by atoms with Crippen molar-refractivity contribution < 1.29 is 31.5 Å². The van der Waals surface area contributed by atoms with Crippen molar-refractivity contribution in [1.82, 2.24) is 4.31 Å². The lowest BCUT2D eigenvalue weighted by Crippen LogP contribution is -2.52. The van der Waals surface area contributed by atoms with Crippen LogP contribution in [0.3, 0.4) is 0 Å². The average Bonchev–Trinajstić information content (AvgIpc) is 2.48. The molecule has 0 radical (unpaired) electrons. The molecule has 0 spiro atoms. The minimum atomic E-state index is -5.19. The number of alkyl halides is 3. The van der Waals surface area contributed by atoms with Crippen LogP contribution < -0.4 is 5.32 Å². The number of halogens is 4. The van der Waals surface area contributed by atoms with E-state index >= 15 is 0 Å². The van der Waals surface area contributed by atoms with Gasteiger partial charge in [0.05, 0.1) is 15.6 Å². The number of hydrogen-bond donors (Lipinski definition) is 2. The molecule has 0 unspecified atom stereocenters. The van der Waals surface area contributed by atoms with Crippen LogP contribution in [0, 0.1) is 0 Å². The van der Waals surface area contributed by atoms with E-state index in [0.29, 0.717) is 6.92 Å². The van der Waals surface area contributed by atoms with E-state index in [9.17, 15) is 31.5 Å². The van der Waals surface area contributed by atoms with Crippen LogP contribution in [-0.4, -0.2) is 49.1 Å². The van der Waals surface area contributed by atoms with Crippen molar-refractivity contribution in [1.29, 1.82) is 0 Å². The first-order chi connectivity index (χ1) is 11.2. The minimum absolute atomic E-state index is 0.0346. The molecule has 0 aromatic heterocycles. The van der Waals surface area contributed by atoms with Crippen LogP contribution >= 0.6 is 11.6 Å². The first-order valence-electron chi connectivity index (χ1n) is 6.72. The highest BCUT2D eigenvalue weighted by Crippen LogP contribution is 2.33. The summed E-state index contributed by atoms with van der Waals surface area (Å²) in [6.07, 6.45) is -3.83. The second-order valence-electron chi connectivity index (χ2n) is 5.24. The molecule has 0 aliphatic heterocycles. The topological polar surface area (TPSA) is 86.7 Å². The standard InChI is InChI=1S/C14H16ClF3N2O4S/c1-4-7-20(3)25(23,24)9-5-6-11(10(15)8-9)19-12(21)13(2,22)14(16,17)18/h4-6,8,22H,1,7H2,2-3H3,(H,19,21)/t13-/m1/s1. The second kappa shape index (κ2) is 7.32. The van der Waals surface area contributed by atoms with E-state index < -0.39 is 27.7 Å². The molecule has 0 fully saturated rings. The monoisotopic (exact) mass is 400 g/mol. The third-order valence-electron chi connectivity index (χ3n) is 3.28. The minimum Gasteiger partial charge on any atom is -0.373 e. The molecule has 0 aliphatic rings. The van der Waals surface area contributed by atoms with Gasteiger partial charge in [0.2, 0.25) is 15.6 Å². The van der Waals surface area contributed by atoms with E-state index in [2.05, 4.69) is 6.58 Å².